The van der Waals surface area contributed by atoms with E-state index >= 15 is 0 Å². The molecule has 2 N–H and O–H groups in total. The van der Waals surface area contributed by atoms with Crippen LogP contribution in [0.5, 0.6) is 0 Å². The average Bonchev–Trinajstić information content (AvgIpc) is 2.90. The number of likely N-dealkylation sites (tertiary alicyclic amines) is 1. The Labute approximate surface area is 160 Å². The molecule has 0 aliphatic carbocycles. The Hall–Kier alpha value is -2.82. The summed E-state index contributed by atoms with van der Waals surface area (Å²) in [6.45, 7) is 2.11. The first-order chi connectivity index (χ1) is 13.2. The van der Waals surface area contributed by atoms with E-state index in [0.717, 1.165) is 43.6 Å². The zero-order chi connectivity index (χ0) is 18.9. The quantitative estimate of drug-likeness (QED) is 0.730. The summed E-state index contributed by atoms with van der Waals surface area (Å²) in [4.78, 5) is 26.5. The van der Waals surface area contributed by atoms with Crippen LogP contribution >= 0.6 is 0 Å². The van der Waals surface area contributed by atoms with E-state index in [1.165, 1.54) is 0 Å². The fraction of sp³-hybridized carbons (Fsp3) is 0.364. The topological polar surface area (TPSA) is 61.4 Å². The van der Waals surface area contributed by atoms with E-state index in [1.54, 1.807) is 0 Å². The number of nitrogens with zero attached hydrogens (tertiary/aromatic N) is 1. The molecule has 2 aromatic carbocycles. The Bertz CT molecular complexity index is 761. The molecule has 1 heterocycles. The van der Waals surface area contributed by atoms with Gasteiger partial charge in [0.05, 0.1) is 11.3 Å². The van der Waals surface area contributed by atoms with Crippen molar-refractivity contribution < 1.29 is 9.59 Å². The maximum absolute atomic E-state index is 12.6. The van der Waals surface area contributed by atoms with Gasteiger partial charge >= 0.3 is 0 Å². The maximum Gasteiger partial charge on any atom is 0.253 e. The van der Waals surface area contributed by atoms with Crippen LogP contribution in [0.4, 0.5) is 11.4 Å². The zero-order valence-electron chi connectivity index (χ0n) is 15.6. The Kier molecular flexibility index (Phi) is 6.85. The molecule has 5 heteroatoms. The summed E-state index contributed by atoms with van der Waals surface area (Å²) in [7, 11) is 0. The van der Waals surface area contributed by atoms with E-state index < -0.39 is 0 Å². The predicted octanol–water partition coefficient (Wildman–Crippen LogP) is 3.95. The molecular formula is C22H27N3O2. The molecule has 1 saturated heterocycles. The molecule has 2 aromatic rings. The monoisotopic (exact) mass is 365 g/mol. The summed E-state index contributed by atoms with van der Waals surface area (Å²) in [6, 6.07) is 17.3. The predicted molar refractivity (Wildman–Crippen MR) is 108 cm³/mol. The van der Waals surface area contributed by atoms with Crippen LogP contribution in [0.25, 0.3) is 0 Å². The minimum atomic E-state index is -0.101. The third-order valence-electron chi connectivity index (χ3n) is 4.79. The van der Waals surface area contributed by atoms with Gasteiger partial charge in [-0.3, -0.25) is 9.59 Å². The van der Waals surface area contributed by atoms with Crippen molar-refractivity contribution in [3.05, 3.63) is 60.2 Å². The minimum absolute atomic E-state index is 0.101. The average molecular weight is 365 g/mol. The minimum Gasteiger partial charge on any atom is -0.355 e. The highest BCUT2D eigenvalue weighted by Gasteiger charge is 2.16. The molecule has 0 atom stereocenters. The largest absolute Gasteiger partial charge is 0.355 e. The third-order valence-corrected chi connectivity index (χ3v) is 4.79. The van der Waals surface area contributed by atoms with Crippen LogP contribution in [0.2, 0.25) is 0 Å². The summed E-state index contributed by atoms with van der Waals surface area (Å²) in [5.41, 5.74) is 2.34. The van der Waals surface area contributed by atoms with Gasteiger partial charge in [-0.1, -0.05) is 36.8 Å². The van der Waals surface area contributed by atoms with E-state index in [9.17, 15) is 9.59 Å². The van der Waals surface area contributed by atoms with Crippen molar-refractivity contribution in [2.75, 3.05) is 25.0 Å². The second kappa shape index (κ2) is 9.76. The van der Waals surface area contributed by atoms with Crippen LogP contribution in [-0.2, 0) is 4.79 Å². The molecule has 5 nitrogen and oxygen atoms in total. The second-order valence-corrected chi connectivity index (χ2v) is 6.84. The van der Waals surface area contributed by atoms with Gasteiger partial charge < -0.3 is 15.5 Å². The molecule has 142 valence electrons. The second-order valence-electron chi connectivity index (χ2n) is 6.84. The van der Waals surface area contributed by atoms with Gasteiger partial charge in [-0.25, -0.2) is 0 Å². The van der Waals surface area contributed by atoms with Crippen molar-refractivity contribution in [3.8, 4) is 0 Å². The Balaban J connectivity index is 1.51. The van der Waals surface area contributed by atoms with Gasteiger partial charge in [-0.05, 0) is 43.5 Å². The molecule has 0 radical (unpaired) electrons. The van der Waals surface area contributed by atoms with Crippen molar-refractivity contribution in [3.63, 3.8) is 0 Å². The molecule has 0 aromatic heterocycles. The number of rotatable bonds is 7. The van der Waals surface area contributed by atoms with Gasteiger partial charge in [-0.15, -0.1) is 0 Å². The fourth-order valence-corrected chi connectivity index (χ4v) is 3.31. The van der Waals surface area contributed by atoms with Crippen LogP contribution in [0.15, 0.2) is 54.6 Å². The molecule has 3 rings (SSSR count). The SMILES string of the molecule is O=C(NCCCN1CCCCCC1=O)c1ccccc1Nc1ccccc1. The molecule has 1 fully saturated rings. The summed E-state index contributed by atoms with van der Waals surface area (Å²) >= 11 is 0. The molecule has 0 spiro atoms. The maximum atomic E-state index is 12.6. The number of carbonyl (C=O) groups excluding carboxylic acids is 2. The highest BCUT2D eigenvalue weighted by molar-refractivity contribution is 6.00. The van der Waals surface area contributed by atoms with Gasteiger partial charge in [0, 0.05) is 31.7 Å². The number of hydrogen-bond acceptors (Lipinski definition) is 3. The van der Waals surface area contributed by atoms with Crippen molar-refractivity contribution >= 4 is 23.2 Å². The lowest BCUT2D eigenvalue weighted by Gasteiger charge is -2.20. The van der Waals surface area contributed by atoms with E-state index in [0.29, 0.717) is 25.1 Å². The first-order valence-electron chi connectivity index (χ1n) is 9.71. The normalized spacial score (nSPS) is 14.5. The molecule has 0 unspecified atom stereocenters. The van der Waals surface area contributed by atoms with Crippen molar-refractivity contribution in [1.29, 1.82) is 0 Å². The first kappa shape index (κ1) is 19.0. The number of benzene rings is 2. The Morgan fingerprint density at radius 1 is 0.963 bits per heavy atom. The number of para-hydroxylation sites is 2. The number of carbonyl (C=O) groups is 2. The summed E-state index contributed by atoms with van der Waals surface area (Å²) < 4.78 is 0. The summed E-state index contributed by atoms with van der Waals surface area (Å²) in [5, 5.41) is 6.27. The lowest BCUT2D eigenvalue weighted by atomic mass is 10.1. The van der Waals surface area contributed by atoms with Crippen molar-refractivity contribution in [2.24, 2.45) is 0 Å². The van der Waals surface area contributed by atoms with Crippen LogP contribution in [0.1, 0.15) is 42.5 Å². The first-order valence-corrected chi connectivity index (χ1v) is 9.71. The molecule has 1 aliphatic heterocycles. The van der Waals surface area contributed by atoms with E-state index in [2.05, 4.69) is 10.6 Å². The van der Waals surface area contributed by atoms with Gasteiger partial charge in [0.1, 0.15) is 0 Å². The van der Waals surface area contributed by atoms with E-state index in [1.807, 2.05) is 59.5 Å². The molecule has 2 amide bonds. The Morgan fingerprint density at radius 3 is 2.59 bits per heavy atom. The van der Waals surface area contributed by atoms with Crippen LogP contribution in [0.3, 0.4) is 0 Å². The Morgan fingerprint density at radius 2 is 1.74 bits per heavy atom. The molecular weight excluding hydrogens is 338 g/mol. The smallest absolute Gasteiger partial charge is 0.253 e. The highest BCUT2D eigenvalue weighted by atomic mass is 16.2. The molecule has 0 saturated carbocycles. The number of amides is 2. The number of anilines is 2. The zero-order valence-corrected chi connectivity index (χ0v) is 15.6. The van der Waals surface area contributed by atoms with Crippen molar-refractivity contribution in [1.82, 2.24) is 10.2 Å². The lowest BCUT2D eigenvalue weighted by molar-refractivity contribution is -0.130. The standard InChI is InChI=1S/C22H27N3O2/c26-21-14-5-2-8-16-25(21)17-9-15-23-22(27)19-12-6-7-13-20(19)24-18-10-3-1-4-11-18/h1,3-4,6-7,10-13,24H,2,5,8-9,14-17H2,(H,23,27). The van der Waals surface area contributed by atoms with Gasteiger partial charge in [0.25, 0.3) is 5.91 Å². The molecule has 1 aliphatic rings. The fourth-order valence-electron chi connectivity index (χ4n) is 3.31. The molecule has 0 bridgehead atoms. The number of hydrogen-bond donors (Lipinski definition) is 2. The summed E-state index contributed by atoms with van der Waals surface area (Å²) in [5.74, 6) is 0.146. The van der Waals surface area contributed by atoms with Gasteiger partial charge in [0.15, 0.2) is 0 Å². The van der Waals surface area contributed by atoms with Gasteiger partial charge in [-0.2, -0.15) is 0 Å². The number of nitrogens with one attached hydrogen (secondary N) is 2. The lowest BCUT2D eigenvalue weighted by Crippen LogP contribution is -2.34. The molecule has 27 heavy (non-hydrogen) atoms. The van der Waals surface area contributed by atoms with Crippen LogP contribution in [-0.4, -0.2) is 36.3 Å². The van der Waals surface area contributed by atoms with E-state index in [-0.39, 0.29) is 11.8 Å². The van der Waals surface area contributed by atoms with E-state index in [4.69, 9.17) is 0 Å². The van der Waals surface area contributed by atoms with Crippen LogP contribution < -0.4 is 10.6 Å². The third kappa shape index (κ3) is 5.58. The highest BCUT2D eigenvalue weighted by Crippen LogP contribution is 2.20. The summed E-state index contributed by atoms with van der Waals surface area (Å²) in [6.07, 6.45) is 4.63. The van der Waals surface area contributed by atoms with Gasteiger partial charge in [0.2, 0.25) is 5.91 Å². The van der Waals surface area contributed by atoms with Crippen LogP contribution in [0, 0.1) is 0 Å². The van der Waals surface area contributed by atoms with Crippen molar-refractivity contribution in [2.45, 2.75) is 32.1 Å².